The van der Waals surface area contributed by atoms with Gasteiger partial charge in [0, 0.05) is 17.1 Å². The number of nitrogens with two attached hydrogens (primary N) is 1. The van der Waals surface area contributed by atoms with Crippen molar-refractivity contribution in [3.63, 3.8) is 0 Å². The van der Waals surface area contributed by atoms with E-state index in [1.165, 1.54) is 21.3 Å². The molecule has 0 unspecified atom stereocenters. The summed E-state index contributed by atoms with van der Waals surface area (Å²) in [5.41, 5.74) is 7.93. The van der Waals surface area contributed by atoms with E-state index in [0.29, 0.717) is 22.4 Å². The number of pyridine rings is 1. The van der Waals surface area contributed by atoms with Crippen molar-refractivity contribution in [3.05, 3.63) is 54.6 Å². The molecule has 0 saturated carbocycles. The first kappa shape index (κ1) is 18.3. The number of anilines is 1. The molecule has 0 aliphatic rings. The molecule has 0 aliphatic heterocycles. The maximum atomic E-state index is 12.3. The fourth-order valence-corrected chi connectivity index (χ4v) is 2.78. The Bertz CT molecular complexity index is 1120. The van der Waals surface area contributed by atoms with Gasteiger partial charge in [-0.2, -0.15) is 0 Å². The molecule has 0 spiro atoms. The van der Waals surface area contributed by atoms with Crippen molar-refractivity contribution in [1.29, 1.82) is 0 Å². The van der Waals surface area contributed by atoms with Crippen molar-refractivity contribution in [3.8, 4) is 17.3 Å². The Labute approximate surface area is 149 Å². The van der Waals surface area contributed by atoms with Gasteiger partial charge in [0.1, 0.15) is 11.0 Å². The van der Waals surface area contributed by atoms with E-state index in [2.05, 4.69) is 9.95 Å². The largest absolute Gasteiger partial charge is 0.870 e. The van der Waals surface area contributed by atoms with Gasteiger partial charge < -0.3 is 21.1 Å². The van der Waals surface area contributed by atoms with Crippen LogP contribution in [0.2, 0.25) is 0 Å². The lowest BCUT2D eigenvalue weighted by Gasteiger charge is -2.08. The summed E-state index contributed by atoms with van der Waals surface area (Å²) >= 11 is 0. The van der Waals surface area contributed by atoms with Crippen LogP contribution in [0.25, 0.3) is 22.1 Å². The molecule has 0 radical (unpaired) electrons. The molecule has 2 heterocycles. The Balaban J connectivity index is 0.00000210. The van der Waals surface area contributed by atoms with Gasteiger partial charge in [-0.05, 0) is 36.4 Å². The van der Waals surface area contributed by atoms with Gasteiger partial charge in [0.05, 0.1) is 0 Å². The van der Waals surface area contributed by atoms with E-state index in [-0.39, 0.29) is 17.1 Å². The highest BCUT2D eigenvalue weighted by molar-refractivity contribution is 5.90. The van der Waals surface area contributed by atoms with Crippen molar-refractivity contribution >= 4 is 22.1 Å². The van der Waals surface area contributed by atoms with Crippen LogP contribution in [0.4, 0.5) is 18.9 Å². The lowest BCUT2D eigenvalue weighted by Crippen LogP contribution is -2.26. The number of fused-ring (bicyclic) bond motifs is 3. The fourth-order valence-electron chi connectivity index (χ4n) is 2.78. The Kier molecular flexibility index (Phi) is 4.28. The number of hydrogen-bond donors (Lipinski definition) is 2. The summed E-state index contributed by atoms with van der Waals surface area (Å²) in [5.74, 6) is -0.549. The van der Waals surface area contributed by atoms with Crippen LogP contribution in [0.1, 0.15) is 0 Å². The topological polar surface area (TPSA) is 107 Å². The molecule has 27 heavy (non-hydrogen) atoms. The second-order valence-corrected chi connectivity index (χ2v) is 5.58. The standard InChI is InChI=1S/C17H11F3N4O2.H2O/c18-17(19,20)26-11-7-5-10(6-8-11)23-16(25)15-9-13(21)12-3-1-2-4-14(12)24(15)22-23;/h1-9,21-22H;1H2. The summed E-state index contributed by atoms with van der Waals surface area (Å²) in [6.07, 6.45) is -4.77. The van der Waals surface area contributed by atoms with Gasteiger partial charge in [0.25, 0.3) is 0 Å². The van der Waals surface area contributed by atoms with Crippen LogP contribution < -0.4 is 15.0 Å². The average molecular weight is 378 g/mol. The van der Waals surface area contributed by atoms with E-state index in [1.54, 1.807) is 12.1 Å². The van der Waals surface area contributed by atoms with Gasteiger partial charge in [-0.3, -0.25) is 0 Å². The number of ether oxygens (including phenoxy) is 1. The van der Waals surface area contributed by atoms with Gasteiger partial charge >= 0.3 is 12.2 Å². The zero-order chi connectivity index (χ0) is 18.5. The van der Waals surface area contributed by atoms with Gasteiger partial charge in [0.15, 0.2) is 11.2 Å². The van der Waals surface area contributed by atoms with E-state index < -0.39 is 6.36 Å². The Morgan fingerprint density at radius 1 is 1.04 bits per heavy atom. The highest BCUT2D eigenvalue weighted by atomic mass is 19.4. The fraction of sp³-hybridized carbons (Fsp3) is 0.0588. The summed E-state index contributed by atoms with van der Waals surface area (Å²) in [5, 5.41) is 15.6. The summed E-state index contributed by atoms with van der Waals surface area (Å²) < 4.78 is 43.3. The number of nitrogens with zero attached hydrogens (tertiary/aromatic N) is 3. The summed E-state index contributed by atoms with van der Waals surface area (Å²) in [6.45, 7) is 0. The molecule has 0 atom stereocenters. The minimum Gasteiger partial charge on any atom is -0.870 e. The Morgan fingerprint density at radius 3 is 2.37 bits per heavy atom. The monoisotopic (exact) mass is 378 g/mol. The summed E-state index contributed by atoms with van der Waals surface area (Å²) in [6, 6.07) is 13.9. The molecule has 140 valence electrons. The lowest BCUT2D eigenvalue weighted by molar-refractivity contribution is -0.555. The molecule has 0 aliphatic carbocycles. The Morgan fingerprint density at radius 2 is 1.70 bits per heavy atom. The molecule has 0 amide bonds. The molecule has 2 aromatic heterocycles. The molecule has 4 aromatic rings. The number of nitrogen functional groups attached to an aromatic ring is 1. The molecule has 7 nitrogen and oxygen atoms in total. The predicted octanol–water partition coefficient (Wildman–Crippen LogP) is 2.77. The number of aromatic nitrogens is 3. The molecule has 2 aromatic carbocycles. The molecule has 0 fully saturated rings. The van der Waals surface area contributed by atoms with Crippen LogP contribution in [0.5, 0.6) is 11.6 Å². The first-order valence-electron chi connectivity index (χ1n) is 7.51. The van der Waals surface area contributed by atoms with Crippen LogP contribution in [0.15, 0.2) is 54.6 Å². The molecule has 0 saturated heterocycles. The highest BCUT2D eigenvalue weighted by Gasteiger charge is 2.31. The number of hydrogen-bond acceptors (Lipinski definition) is 5. The molecule has 4 N–H and O–H groups in total. The summed E-state index contributed by atoms with van der Waals surface area (Å²) in [7, 11) is 0. The number of para-hydroxylation sites is 1. The quantitative estimate of drug-likeness (QED) is 0.522. The summed E-state index contributed by atoms with van der Waals surface area (Å²) in [4.78, 5) is 0. The minimum atomic E-state index is -4.77. The van der Waals surface area contributed by atoms with Crippen molar-refractivity contribution < 1.29 is 33.0 Å². The van der Waals surface area contributed by atoms with Crippen molar-refractivity contribution in [2.24, 2.45) is 0 Å². The first-order chi connectivity index (χ1) is 12.3. The molecule has 0 bridgehead atoms. The van der Waals surface area contributed by atoms with Crippen LogP contribution >= 0.6 is 0 Å². The molecular formula is C17H13F3N4O3. The third-order valence-corrected chi connectivity index (χ3v) is 3.89. The maximum absolute atomic E-state index is 12.3. The second kappa shape index (κ2) is 6.32. The smallest absolute Gasteiger partial charge is 0.573 e. The van der Waals surface area contributed by atoms with Crippen molar-refractivity contribution in [2.75, 3.05) is 5.73 Å². The average Bonchev–Trinajstić information content (AvgIpc) is 2.92. The Hall–Kier alpha value is -3.53. The van der Waals surface area contributed by atoms with E-state index in [9.17, 15) is 18.3 Å². The highest BCUT2D eigenvalue weighted by Crippen LogP contribution is 2.27. The van der Waals surface area contributed by atoms with Crippen LogP contribution in [0, 0.1) is 0 Å². The normalized spacial score (nSPS) is 11.5. The van der Waals surface area contributed by atoms with Crippen molar-refractivity contribution in [1.82, 2.24) is 9.90 Å². The lowest BCUT2D eigenvalue weighted by atomic mass is 10.2. The van der Waals surface area contributed by atoms with E-state index in [1.807, 2.05) is 18.2 Å². The van der Waals surface area contributed by atoms with Crippen molar-refractivity contribution in [2.45, 2.75) is 6.36 Å². The molecular weight excluding hydrogens is 365 g/mol. The van der Waals surface area contributed by atoms with Gasteiger partial charge in [-0.25, -0.2) is 0 Å². The van der Waals surface area contributed by atoms with Gasteiger partial charge in [0.2, 0.25) is 5.52 Å². The predicted molar refractivity (Wildman–Crippen MR) is 88.9 cm³/mol. The van der Waals surface area contributed by atoms with E-state index in [4.69, 9.17) is 5.73 Å². The SMILES string of the molecule is Nc1cc2c(O)n(-c3ccc(OC(F)(F)F)cc3)n[n+]2c2ccccc12.[OH-]. The second-order valence-electron chi connectivity index (χ2n) is 5.58. The number of halogens is 3. The number of alkyl halides is 3. The number of rotatable bonds is 2. The number of aromatic hydroxyl groups is 1. The zero-order valence-corrected chi connectivity index (χ0v) is 13.6. The zero-order valence-electron chi connectivity index (χ0n) is 13.6. The third kappa shape index (κ3) is 3.17. The first-order valence-corrected chi connectivity index (χ1v) is 7.51. The number of benzene rings is 2. The minimum absolute atomic E-state index is 0. The van der Waals surface area contributed by atoms with Crippen LogP contribution in [-0.4, -0.2) is 26.8 Å². The van der Waals surface area contributed by atoms with E-state index >= 15 is 0 Å². The van der Waals surface area contributed by atoms with Crippen LogP contribution in [-0.2, 0) is 0 Å². The van der Waals surface area contributed by atoms with Gasteiger partial charge in [-0.1, -0.05) is 21.3 Å². The van der Waals surface area contributed by atoms with Gasteiger partial charge in [-0.15, -0.1) is 13.2 Å². The molecule has 4 rings (SSSR count). The van der Waals surface area contributed by atoms with Crippen LogP contribution in [0.3, 0.4) is 0 Å². The molecule has 10 heteroatoms. The maximum Gasteiger partial charge on any atom is 0.573 e. The third-order valence-electron chi connectivity index (χ3n) is 3.89. The van der Waals surface area contributed by atoms with E-state index in [0.717, 1.165) is 17.5 Å².